The van der Waals surface area contributed by atoms with Crippen LogP contribution in [-0.4, -0.2) is 24.7 Å². The van der Waals surface area contributed by atoms with Crippen molar-refractivity contribution in [3.05, 3.63) is 23.8 Å². The van der Waals surface area contributed by atoms with Crippen LogP contribution in [0.2, 0.25) is 0 Å². The molecule has 0 aliphatic carbocycles. The molecule has 0 aromatic heterocycles. The van der Waals surface area contributed by atoms with E-state index in [2.05, 4.69) is 10.6 Å². The number of likely N-dealkylation sites (N-methyl/N-ethyl adjacent to an activating group) is 1. The van der Waals surface area contributed by atoms with Gasteiger partial charge in [-0.25, -0.2) is 0 Å². The van der Waals surface area contributed by atoms with Crippen LogP contribution in [0, 0.1) is 0 Å². The molecule has 0 saturated carbocycles. The van der Waals surface area contributed by atoms with Crippen LogP contribution in [0.3, 0.4) is 0 Å². The van der Waals surface area contributed by atoms with Crippen LogP contribution < -0.4 is 10.6 Å². The van der Waals surface area contributed by atoms with E-state index < -0.39 is 0 Å². The Morgan fingerprint density at radius 2 is 2.38 bits per heavy atom. The van der Waals surface area contributed by atoms with Crippen molar-refractivity contribution < 1.29 is 5.11 Å². The van der Waals surface area contributed by atoms with E-state index >= 15 is 0 Å². The first kappa shape index (κ1) is 8.38. The zero-order valence-electron chi connectivity index (χ0n) is 7.67. The van der Waals surface area contributed by atoms with Crippen molar-refractivity contribution >= 4 is 5.69 Å². The third kappa shape index (κ3) is 1.60. The van der Waals surface area contributed by atoms with Crippen LogP contribution in [-0.2, 0) is 6.42 Å². The largest absolute Gasteiger partial charge is 0.508 e. The molecule has 3 heteroatoms. The summed E-state index contributed by atoms with van der Waals surface area (Å²) in [5.41, 5.74) is 2.33. The predicted octanol–water partition coefficient (Wildman–Crippen LogP) is 0.948. The van der Waals surface area contributed by atoms with Gasteiger partial charge in [0, 0.05) is 24.3 Å². The Hall–Kier alpha value is -1.22. The topological polar surface area (TPSA) is 44.3 Å². The molecule has 0 radical (unpaired) electrons. The van der Waals surface area contributed by atoms with Gasteiger partial charge in [0.2, 0.25) is 0 Å². The fourth-order valence-corrected chi connectivity index (χ4v) is 1.68. The molecule has 2 rings (SSSR count). The molecule has 3 nitrogen and oxygen atoms in total. The highest BCUT2D eigenvalue weighted by atomic mass is 16.3. The Bertz CT molecular complexity index is 312. The number of phenols is 1. The van der Waals surface area contributed by atoms with Crippen LogP contribution >= 0.6 is 0 Å². The Labute approximate surface area is 77.8 Å². The maximum Gasteiger partial charge on any atom is 0.117 e. The number of nitrogens with one attached hydrogen (secondary N) is 2. The predicted molar refractivity (Wildman–Crippen MR) is 53.1 cm³/mol. The van der Waals surface area contributed by atoms with E-state index in [4.69, 9.17) is 0 Å². The van der Waals surface area contributed by atoms with Gasteiger partial charge >= 0.3 is 0 Å². The van der Waals surface area contributed by atoms with Crippen molar-refractivity contribution in [2.75, 3.05) is 18.9 Å². The number of fused-ring (bicyclic) bond motifs is 1. The number of anilines is 1. The number of hydrogen-bond acceptors (Lipinski definition) is 3. The van der Waals surface area contributed by atoms with Crippen LogP contribution in [0.1, 0.15) is 5.56 Å². The number of hydrogen-bond donors (Lipinski definition) is 3. The number of aromatic hydroxyl groups is 1. The molecule has 0 amide bonds. The van der Waals surface area contributed by atoms with Crippen LogP contribution in [0.4, 0.5) is 5.69 Å². The third-order valence-corrected chi connectivity index (χ3v) is 2.51. The molecule has 1 atom stereocenters. The van der Waals surface area contributed by atoms with Crippen molar-refractivity contribution in [1.29, 1.82) is 0 Å². The highest BCUT2D eigenvalue weighted by molar-refractivity contribution is 5.57. The molecule has 0 spiro atoms. The summed E-state index contributed by atoms with van der Waals surface area (Å²) in [6.45, 7) is 0.924. The van der Waals surface area contributed by atoms with Gasteiger partial charge < -0.3 is 15.7 Å². The van der Waals surface area contributed by atoms with Gasteiger partial charge in [0.05, 0.1) is 0 Å². The molecule has 1 aliphatic rings. The van der Waals surface area contributed by atoms with Crippen LogP contribution in [0.25, 0.3) is 0 Å². The second kappa shape index (κ2) is 3.26. The van der Waals surface area contributed by atoms with E-state index in [1.165, 1.54) is 5.56 Å². The van der Waals surface area contributed by atoms with Crippen molar-refractivity contribution in [1.82, 2.24) is 5.32 Å². The lowest BCUT2D eigenvalue weighted by Crippen LogP contribution is -2.37. The normalized spacial score (nSPS) is 20.5. The molecule has 0 saturated heterocycles. The molecule has 0 fully saturated rings. The zero-order valence-corrected chi connectivity index (χ0v) is 7.67. The molecular weight excluding hydrogens is 164 g/mol. The van der Waals surface area contributed by atoms with Gasteiger partial charge in [-0.2, -0.15) is 0 Å². The summed E-state index contributed by atoms with van der Waals surface area (Å²) in [5, 5.41) is 15.8. The minimum Gasteiger partial charge on any atom is -0.508 e. The fourth-order valence-electron chi connectivity index (χ4n) is 1.68. The summed E-state index contributed by atoms with van der Waals surface area (Å²) in [7, 11) is 1.97. The molecule has 70 valence electrons. The van der Waals surface area contributed by atoms with Gasteiger partial charge in [0.25, 0.3) is 0 Å². The summed E-state index contributed by atoms with van der Waals surface area (Å²) in [6.07, 6.45) is 1.03. The van der Waals surface area contributed by atoms with Gasteiger partial charge in [0.15, 0.2) is 0 Å². The summed E-state index contributed by atoms with van der Waals surface area (Å²) in [6, 6.07) is 5.98. The lowest BCUT2D eigenvalue weighted by atomic mass is 10.00. The quantitative estimate of drug-likeness (QED) is 0.600. The molecule has 1 aromatic carbocycles. The number of phenolic OH excluding ortho intramolecular Hbond substituents is 1. The Balaban J connectivity index is 2.26. The second-order valence-electron chi connectivity index (χ2n) is 3.41. The number of rotatable bonds is 1. The average Bonchev–Trinajstić information content (AvgIpc) is 2.17. The summed E-state index contributed by atoms with van der Waals surface area (Å²) < 4.78 is 0. The first-order valence-electron chi connectivity index (χ1n) is 4.52. The maximum absolute atomic E-state index is 9.26. The van der Waals surface area contributed by atoms with Gasteiger partial charge in [-0.15, -0.1) is 0 Å². The van der Waals surface area contributed by atoms with Gasteiger partial charge in [-0.05, 0) is 25.1 Å². The SMILES string of the molecule is CNC1CNc2cc(O)ccc2C1. The van der Waals surface area contributed by atoms with E-state index in [9.17, 15) is 5.11 Å². The fraction of sp³-hybridized carbons (Fsp3) is 0.400. The van der Waals surface area contributed by atoms with Gasteiger partial charge in [-0.1, -0.05) is 6.07 Å². The smallest absolute Gasteiger partial charge is 0.117 e. The Morgan fingerprint density at radius 3 is 3.15 bits per heavy atom. The first-order valence-corrected chi connectivity index (χ1v) is 4.52. The summed E-state index contributed by atoms with van der Waals surface area (Å²) in [5.74, 6) is 0.328. The molecular formula is C10H14N2O. The van der Waals surface area contributed by atoms with Gasteiger partial charge in [-0.3, -0.25) is 0 Å². The van der Waals surface area contributed by atoms with Crippen molar-refractivity contribution in [2.24, 2.45) is 0 Å². The summed E-state index contributed by atoms with van der Waals surface area (Å²) >= 11 is 0. The second-order valence-corrected chi connectivity index (χ2v) is 3.41. The standard InChI is InChI=1S/C10H14N2O/c1-11-8-4-7-2-3-9(13)5-10(7)12-6-8/h2-3,5,8,11-13H,4,6H2,1H3. The molecule has 1 aliphatic heterocycles. The summed E-state index contributed by atoms with van der Waals surface area (Å²) in [4.78, 5) is 0. The third-order valence-electron chi connectivity index (χ3n) is 2.51. The first-order chi connectivity index (χ1) is 6.29. The lowest BCUT2D eigenvalue weighted by molar-refractivity contribution is 0.474. The van der Waals surface area contributed by atoms with Crippen LogP contribution in [0.5, 0.6) is 5.75 Å². The van der Waals surface area contributed by atoms with Gasteiger partial charge in [0.1, 0.15) is 5.75 Å². The molecule has 13 heavy (non-hydrogen) atoms. The van der Waals surface area contributed by atoms with Crippen molar-refractivity contribution in [2.45, 2.75) is 12.5 Å². The average molecular weight is 178 g/mol. The highest BCUT2D eigenvalue weighted by Gasteiger charge is 2.16. The number of benzene rings is 1. The Kier molecular flexibility index (Phi) is 2.10. The van der Waals surface area contributed by atoms with E-state index in [0.717, 1.165) is 18.7 Å². The molecule has 0 bridgehead atoms. The van der Waals surface area contributed by atoms with E-state index in [0.29, 0.717) is 11.8 Å². The molecule has 1 heterocycles. The molecule has 1 unspecified atom stereocenters. The highest BCUT2D eigenvalue weighted by Crippen LogP contribution is 2.25. The van der Waals surface area contributed by atoms with E-state index in [1.807, 2.05) is 13.1 Å². The van der Waals surface area contributed by atoms with E-state index in [-0.39, 0.29) is 0 Å². The van der Waals surface area contributed by atoms with Crippen LogP contribution in [0.15, 0.2) is 18.2 Å². The van der Waals surface area contributed by atoms with Crippen molar-refractivity contribution in [3.8, 4) is 5.75 Å². The van der Waals surface area contributed by atoms with E-state index in [1.54, 1.807) is 12.1 Å². The monoisotopic (exact) mass is 178 g/mol. The zero-order chi connectivity index (χ0) is 9.26. The lowest BCUT2D eigenvalue weighted by Gasteiger charge is -2.25. The molecule has 1 aromatic rings. The Morgan fingerprint density at radius 1 is 1.54 bits per heavy atom. The minimum atomic E-state index is 0.328. The maximum atomic E-state index is 9.26. The molecule has 3 N–H and O–H groups in total. The van der Waals surface area contributed by atoms with Crippen molar-refractivity contribution in [3.63, 3.8) is 0 Å². The minimum absolute atomic E-state index is 0.328.